The molecule has 3 aromatic rings. The van der Waals surface area contributed by atoms with Crippen LogP contribution in [0.4, 0.5) is 5.95 Å². The molecule has 0 spiro atoms. The van der Waals surface area contributed by atoms with Crippen LogP contribution in [0.25, 0.3) is 5.69 Å². The van der Waals surface area contributed by atoms with E-state index in [-0.39, 0.29) is 0 Å². The van der Waals surface area contributed by atoms with E-state index in [1.165, 1.54) is 17.3 Å². The van der Waals surface area contributed by atoms with Crippen molar-refractivity contribution in [3.8, 4) is 5.69 Å². The van der Waals surface area contributed by atoms with Gasteiger partial charge in [0.2, 0.25) is 16.3 Å². The highest BCUT2D eigenvalue weighted by Crippen LogP contribution is 2.25. The van der Waals surface area contributed by atoms with E-state index in [1.54, 1.807) is 4.68 Å². The molecule has 0 fully saturated rings. The van der Waals surface area contributed by atoms with Crippen molar-refractivity contribution >= 4 is 17.7 Å². The molecular formula is C16H20N8S. The number of anilines is 1. The van der Waals surface area contributed by atoms with Crippen molar-refractivity contribution in [2.24, 2.45) is 0 Å². The Labute approximate surface area is 150 Å². The summed E-state index contributed by atoms with van der Waals surface area (Å²) in [6.07, 6.45) is 0. The first kappa shape index (κ1) is 17.3. The van der Waals surface area contributed by atoms with Gasteiger partial charge in [0.15, 0.2) is 0 Å². The van der Waals surface area contributed by atoms with Crippen LogP contribution >= 0.6 is 11.8 Å². The maximum absolute atomic E-state index is 4.44. The molecule has 130 valence electrons. The number of nitrogens with zero attached hydrogens (tertiary/aromatic N) is 8. The molecule has 2 heterocycles. The number of aryl methyl sites for hydroxylation is 1. The Morgan fingerprint density at radius 2 is 1.76 bits per heavy atom. The van der Waals surface area contributed by atoms with Gasteiger partial charge in [0.25, 0.3) is 0 Å². The number of tetrazole rings is 1. The average molecular weight is 356 g/mol. The second-order valence-corrected chi connectivity index (χ2v) is 7.02. The molecule has 0 amide bonds. The molecule has 2 aromatic heterocycles. The predicted octanol–water partition coefficient (Wildman–Crippen LogP) is 2.50. The molecule has 0 N–H and O–H groups in total. The minimum absolute atomic E-state index is 0.481. The molecule has 0 bridgehead atoms. The SMILES string of the molecule is Cc1nc(Sc2nnnn2-c2ccc(C(C)C)cc2)nc(N(C)C)n1. The van der Waals surface area contributed by atoms with Crippen molar-refractivity contribution in [3.05, 3.63) is 35.7 Å². The minimum atomic E-state index is 0.481. The molecule has 0 saturated heterocycles. The summed E-state index contributed by atoms with van der Waals surface area (Å²) in [4.78, 5) is 14.9. The van der Waals surface area contributed by atoms with Gasteiger partial charge in [-0.05, 0) is 52.7 Å². The Kier molecular flexibility index (Phi) is 4.93. The highest BCUT2D eigenvalue weighted by Gasteiger charge is 2.14. The van der Waals surface area contributed by atoms with E-state index in [0.717, 1.165) is 5.69 Å². The van der Waals surface area contributed by atoms with E-state index < -0.39 is 0 Å². The lowest BCUT2D eigenvalue weighted by Crippen LogP contribution is -2.14. The lowest BCUT2D eigenvalue weighted by molar-refractivity contribution is 0.751. The topological polar surface area (TPSA) is 85.5 Å². The fraction of sp³-hybridized carbons (Fsp3) is 0.375. The Balaban J connectivity index is 1.90. The van der Waals surface area contributed by atoms with Crippen molar-refractivity contribution < 1.29 is 0 Å². The van der Waals surface area contributed by atoms with Crippen LogP contribution in [-0.2, 0) is 0 Å². The summed E-state index contributed by atoms with van der Waals surface area (Å²) in [5.41, 5.74) is 2.17. The molecule has 0 aliphatic carbocycles. The largest absolute Gasteiger partial charge is 0.347 e. The smallest absolute Gasteiger partial charge is 0.229 e. The molecule has 1 aromatic carbocycles. The van der Waals surface area contributed by atoms with Gasteiger partial charge in [0, 0.05) is 14.1 Å². The Bertz CT molecular complexity index is 857. The van der Waals surface area contributed by atoms with Gasteiger partial charge < -0.3 is 4.90 Å². The molecule has 0 atom stereocenters. The van der Waals surface area contributed by atoms with Gasteiger partial charge >= 0.3 is 0 Å². The maximum Gasteiger partial charge on any atom is 0.229 e. The van der Waals surface area contributed by atoms with Crippen molar-refractivity contribution in [1.29, 1.82) is 0 Å². The van der Waals surface area contributed by atoms with Gasteiger partial charge in [-0.2, -0.15) is 14.6 Å². The van der Waals surface area contributed by atoms with E-state index in [2.05, 4.69) is 56.5 Å². The van der Waals surface area contributed by atoms with Crippen LogP contribution in [-0.4, -0.2) is 49.3 Å². The molecule has 0 aliphatic rings. The van der Waals surface area contributed by atoms with Gasteiger partial charge in [0.1, 0.15) is 5.82 Å². The lowest BCUT2D eigenvalue weighted by atomic mass is 10.0. The maximum atomic E-state index is 4.44. The number of aromatic nitrogens is 7. The normalized spacial score (nSPS) is 11.1. The molecular weight excluding hydrogens is 336 g/mol. The van der Waals surface area contributed by atoms with Gasteiger partial charge in [0.05, 0.1) is 5.69 Å². The first-order valence-corrected chi connectivity index (χ1v) is 8.72. The third-order valence-electron chi connectivity index (χ3n) is 3.54. The first-order valence-electron chi connectivity index (χ1n) is 7.90. The second-order valence-electron chi connectivity index (χ2n) is 6.08. The van der Waals surface area contributed by atoms with Crippen LogP contribution in [0.3, 0.4) is 0 Å². The molecule has 0 saturated carbocycles. The lowest BCUT2D eigenvalue weighted by Gasteiger charge is -2.11. The zero-order valence-corrected chi connectivity index (χ0v) is 15.7. The van der Waals surface area contributed by atoms with Gasteiger partial charge in [-0.3, -0.25) is 0 Å². The van der Waals surface area contributed by atoms with E-state index >= 15 is 0 Å². The Morgan fingerprint density at radius 3 is 2.40 bits per heavy atom. The van der Waals surface area contributed by atoms with Crippen molar-refractivity contribution in [3.63, 3.8) is 0 Å². The highest BCUT2D eigenvalue weighted by atomic mass is 32.2. The van der Waals surface area contributed by atoms with Gasteiger partial charge in [-0.15, -0.1) is 5.10 Å². The van der Waals surface area contributed by atoms with E-state index in [9.17, 15) is 0 Å². The summed E-state index contributed by atoms with van der Waals surface area (Å²) < 4.78 is 1.68. The number of benzene rings is 1. The summed E-state index contributed by atoms with van der Waals surface area (Å²) >= 11 is 1.31. The zero-order valence-electron chi connectivity index (χ0n) is 14.9. The summed E-state index contributed by atoms with van der Waals surface area (Å²) in [7, 11) is 3.78. The van der Waals surface area contributed by atoms with Crippen molar-refractivity contribution in [1.82, 2.24) is 35.2 Å². The van der Waals surface area contributed by atoms with E-state index in [0.29, 0.717) is 28.0 Å². The molecule has 9 heteroatoms. The van der Waals surface area contributed by atoms with E-state index in [4.69, 9.17) is 0 Å². The molecule has 0 unspecified atom stereocenters. The summed E-state index contributed by atoms with van der Waals surface area (Å²) in [5.74, 6) is 1.74. The first-order chi connectivity index (χ1) is 11.9. The van der Waals surface area contributed by atoms with Crippen LogP contribution in [0.15, 0.2) is 34.6 Å². The summed E-state index contributed by atoms with van der Waals surface area (Å²) in [6.45, 7) is 6.17. The fourth-order valence-corrected chi connectivity index (χ4v) is 2.95. The second kappa shape index (κ2) is 7.14. The highest BCUT2D eigenvalue weighted by molar-refractivity contribution is 7.99. The van der Waals surface area contributed by atoms with Crippen LogP contribution in [0.5, 0.6) is 0 Å². The quantitative estimate of drug-likeness (QED) is 0.689. The third kappa shape index (κ3) is 3.93. The third-order valence-corrected chi connectivity index (χ3v) is 4.35. The molecule has 0 radical (unpaired) electrons. The standard InChI is InChI=1S/C16H20N8S/c1-10(2)12-6-8-13(9-7-12)24-16(20-21-22-24)25-15-18-11(3)17-14(19-15)23(4)5/h6-10H,1-5H3. The van der Waals surface area contributed by atoms with Crippen LogP contribution in [0.2, 0.25) is 0 Å². The zero-order chi connectivity index (χ0) is 18.0. The van der Waals surface area contributed by atoms with Crippen molar-refractivity contribution in [2.75, 3.05) is 19.0 Å². The number of hydrogen-bond acceptors (Lipinski definition) is 8. The number of rotatable bonds is 5. The minimum Gasteiger partial charge on any atom is -0.347 e. The Hall–Kier alpha value is -2.55. The van der Waals surface area contributed by atoms with E-state index in [1.807, 2.05) is 38.1 Å². The molecule has 0 aliphatic heterocycles. The van der Waals surface area contributed by atoms with Gasteiger partial charge in [-0.1, -0.05) is 26.0 Å². The molecule has 25 heavy (non-hydrogen) atoms. The molecule has 8 nitrogen and oxygen atoms in total. The Morgan fingerprint density at radius 1 is 1.04 bits per heavy atom. The van der Waals surface area contributed by atoms with Gasteiger partial charge in [-0.25, -0.2) is 4.98 Å². The summed E-state index contributed by atoms with van der Waals surface area (Å²) in [6, 6.07) is 8.21. The molecule has 3 rings (SSSR count). The summed E-state index contributed by atoms with van der Waals surface area (Å²) in [5, 5.41) is 13.1. The van der Waals surface area contributed by atoms with Crippen LogP contribution in [0, 0.1) is 6.92 Å². The predicted molar refractivity (Wildman–Crippen MR) is 96.3 cm³/mol. The fourth-order valence-electron chi connectivity index (χ4n) is 2.18. The average Bonchev–Trinajstić information content (AvgIpc) is 3.02. The number of hydrogen-bond donors (Lipinski definition) is 0. The monoisotopic (exact) mass is 356 g/mol. The van der Waals surface area contributed by atoms with Crippen LogP contribution < -0.4 is 4.90 Å². The van der Waals surface area contributed by atoms with Crippen LogP contribution in [0.1, 0.15) is 31.2 Å². The van der Waals surface area contributed by atoms with Crippen molar-refractivity contribution in [2.45, 2.75) is 37.0 Å².